The van der Waals surface area contributed by atoms with Crippen LogP contribution in [0.1, 0.15) is 36.0 Å². The van der Waals surface area contributed by atoms with E-state index in [2.05, 4.69) is 0 Å². The summed E-state index contributed by atoms with van der Waals surface area (Å²) in [6, 6.07) is 4.96. The number of rotatable bonds is 5. The minimum Gasteiger partial charge on any atom is -0.493 e. The molecule has 2 N–H and O–H groups in total. The smallest absolute Gasteiger partial charge is 0.254 e. The number of carbonyl (C=O) groups is 2. The molecule has 0 radical (unpaired) electrons. The zero-order valence-corrected chi connectivity index (χ0v) is 13.0. The molecule has 1 atom stereocenters. The molecule has 0 spiro atoms. The van der Waals surface area contributed by atoms with Gasteiger partial charge in [0.05, 0.1) is 14.2 Å². The van der Waals surface area contributed by atoms with Crippen LogP contribution in [0.2, 0.25) is 0 Å². The molecule has 0 aliphatic carbocycles. The van der Waals surface area contributed by atoms with Crippen LogP contribution in [0.15, 0.2) is 18.2 Å². The molecule has 0 saturated carbocycles. The molecule has 6 nitrogen and oxygen atoms in total. The van der Waals surface area contributed by atoms with Gasteiger partial charge in [0.15, 0.2) is 11.5 Å². The van der Waals surface area contributed by atoms with E-state index >= 15 is 0 Å². The first kappa shape index (κ1) is 16.1. The second-order valence-electron chi connectivity index (χ2n) is 5.39. The SMILES string of the molecule is COc1ccc(C(=O)N2CCCC[C@@H]2CC(N)=O)cc1OC. The predicted octanol–water partition coefficient (Wildman–Crippen LogP) is 1.57. The Morgan fingerprint density at radius 1 is 1.23 bits per heavy atom. The van der Waals surface area contributed by atoms with Gasteiger partial charge in [0.2, 0.25) is 5.91 Å². The van der Waals surface area contributed by atoms with E-state index in [1.165, 1.54) is 7.11 Å². The molecule has 1 aliphatic rings. The van der Waals surface area contributed by atoms with Crippen LogP contribution in [0.4, 0.5) is 0 Å². The van der Waals surface area contributed by atoms with Crippen molar-refractivity contribution in [3.05, 3.63) is 23.8 Å². The van der Waals surface area contributed by atoms with Gasteiger partial charge in [0.25, 0.3) is 5.91 Å². The molecule has 2 rings (SSSR count). The third-order valence-corrected chi connectivity index (χ3v) is 3.96. The third-order valence-electron chi connectivity index (χ3n) is 3.96. The van der Waals surface area contributed by atoms with E-state index < -0.39 is 0 Å². The summed E-state index contributed by atoms with van der Waals surface area (Å²) in [7, 11) is 3.08. The second-order valence-corrected chi connectivity index (χ2v) is 5.39. The number of primary amides is 1. The maximum Gasteiger partial charge on any atom is 0.254 e. The van der Waals surface area contributed by atoms with Crippen LogP contribution in [0.5, 0.6) is 11.5 Å². The number of carbonyl (C=O) groups excluding carboxylic acids is 2. The fourth-order valence-corrected chi connectivity index (χ4v) is 2.85. The van der Waals surface area contributed by atoms with Crippen LogP contribution in [0.25, 0.3) is 0 Å². The molecular weight excluding hydrogens is 284 g/mol. The van der Waals surface area contributed by atoms with Crippen molar-refractivity contribution in [3.63, 3.8) is 0 Å². The standard InChI is InChI=1S/C16H22N2O4/c1-21-13-7-6-11(9-14(13)22-2)16(20)18-8-4-3-5-12(18)10-15(17)19/h6-7,9,12H,3-5,8,10H2,1-2H3,(H2,17,19)/t12-/m1/s1. The van der Waals surface area contributed by atoms with Crippen molar-refractivity contribution >= 4 is 11.8 Å². The molecule has 1 aromatic carbocycles. The molecule has 1 aliphatic heterocycles. The molecule has 22 heavy (non-hydrogen) atoms. The monoisotopic (exact) mass is 306 g/mol. The Labute approximate surface area is 130 Å². The van der Waals surface area contributed by atoms with Crippen molar-refractivity contribution in [2.75, 3.05) is 20.8 Å². The van der Waals surface area contributed by atoms with E-state index in [-0.39, 0.29) is 24.3 Å². The summed E-state index contributed by atoms with van der Waals surface area (Å²) in [5.74, 6) is 0.604. The molecule has 1 aromatic rings. The number of methoxy groups -OCH3 is 2. The highest BCUT2D eigenvalue weighted by Crippen LogP contribution is 2.29. The largest absolute Gasteiger partial charge is 0.493 e. The van der Waals surface area contributed by atoms with Crippen LogP contribution in [0.3, 0.4) is 0 Å². The van der Waals surface area contributed by atoms with E-state index in [1.807, 2.05) is 0 Å². The normalized spacial score (nSPS) is 17.9. The molecule has 0 unspecified atom stereocenters. The fourth-order valence-electron chi connectivity index (χ4n) is 2.85. The first-order chi connectivity index (χ1) is 10.6. The molecule has 1 fully saturated rings. The molecule has 1 heterocycles. The Morgan fingerprint density at radius 2 is 1.95 bits per heavy atom. The van der Waals surface area contributed by atoms with Gasteiger partial charge in [-0.15, -0.1) is 0 Å². The second kappa shape index (κ2) is 7.15. The van der Waals surface area contributed by atoms with Gasteiger partial charge in [-0.3, -0.25) is 9.59 Å². The molecule has 0 aromatic heterocycles. The highest BCUT2D eigenvalue weighted by atomic mass is 16.5. The van der Waals surface area contributed by atoms with Crippen LogP contribution in [-0.4, -0.2) is 43.5 Å². The third kappa shape index (κ3) is 3.50. The van der Waals surface area contributed by atoms with Crippen LogP contribution < -0.4 is 15.2 Å². The molecule has 6 heteroatoms. The van der Waals surface area contributed by atoms with Crippen molar-refractivity contribution in [2.24, 2.45) is 5.73 Å². The molecule has 1 saturated heterocycles. The highest BCUT2D eigenvalue weighted by Gasteiger charge is 2.29. The van der Waals surface area contributed by atoms with Gasteiger partial charge >= 0.3 is 0 Å². The number of piperidine rings is 1. The maximum atomic E-state index is 12.7. The summed E-state index contributed by atoms with van der Waals surface area (Å²) in [6.45, 7) is 0.644. The van der Waals surface area contributed by atoms with Gasteiger partial charge in [-0.2, -0.15) is 0 Å². The Kier molecular flexibility index (Phi) is 5.25. The summed E-state index contributed by atoms with van der Waals surface area (Å²) in [5, 5.41) is 0. The van der Waals surface area contributed by atoms with Crippen LogP contribution in [0, 0.1) is 0 Å². The van der Waals surface area contributed by atoms with E-state index in [0.29, 0.717) is 23.6 Å². The highest BCUT2D eigenvalue weighted by molar-refractivity contribution is 5.95. The lowest BCUT2D eigenvalue weighted by Gasteiger charge is -2.35. The van der Waals surface area contributed by atoms with Gasteiger partial charge in [0.1, 0.15) is 0 Å². The fraction of sp³-hybridized carbons (Fsp3) is 0.500. The van der Waals surface area contributed by atoms with E-state index in [0.717, 1.165) is 19.3 Å². The zero-order chi connectivity index (χ0) is 16.1. The Morgan fingerprint density at radius 3 is 2.59 bits per heavy atom. The van der Waals surface area contributed by atoms with Gasteiger partial charge in [-0.05, 0) is 37.5 Å². The Bertz CT molecular complexity index is 559. The topological polar surface area (TPSA) is 81.9 Å². The predicted molar refractivity (Wildman–Crippen MR) is 82.0 cm³/mol. The number of hydrogen-bond donors (Lipinski definition) is 1. The van der Waals surface area contributed by atoms with Crippen LogP contribution >= 0.6 is 0 Å². The van der Waals surface area contributed by atoms with Crippen molar-refractivity contribution < 1.29 is 19.1 Å². The van der Waals surface area contributed by atoms with Gasteiger partial charge in [-0.1, -0.05) is 0 Å². The van der Waals surface area contributed by atoms with Crippen molar-refractivity contribution in [1.82, 2.24) is 4.90 Å². The number of hydrogen-bond acceptors (Lipinski definition) is 4. The lowest BCUT2D eigenvalue weighted by molar-refractivity contribution is -0.119. The first-order valence-corrected chi connectivity index (χ1v) is 7.38. The lowest BCUT2D eigenvalue weighted by atomic mass is 9.98. The molecule has 120 valence electrons. The number of likely N-dealkylation sites (tertiary alicyclic amines) is 1. The molecule has 0 bridgehead atoms. The molecule has 2 amide bonds. The van der Waals surface area contributed by atoms with Gasteiger partial charge < -0.3 is 20.1 Å². The Balaban J connectivity index is 2.23. The summed E-state index contributed by atoms with van der Waals surface area (Å²) in [5.41, 5.74) is 5.82. The van der Waals surface area contributed by atoms with Crippen molar-refractivity contribution in [3.8, 4) is 11.5 Å². The number of amides is 2. The van der Waals surface area contributed by atoms with Crippen LogP contribution in [-0.2, 0) is 4.79 Å². The van der Waals surface area contributed by atoms with E-state index in [4.69, 9.17) is 15.2 Å². The summed E-state index contributed by atoms with van der Waals surface area (Å²) in [4.78, 5) is 25.7. The average Bonchev–Trinajstić information content (AvgIpc) is 2.53. The summed E-state index contributed by atoms with van der Waals surface area (Å²) >= 11 is 0. The van der Waals surface area contributed by atoms with Gasteiger partial charge in [-0.25, -0.2) is 0 Å². The number of nitrogens with two attached hydrogens (primary N) is 1. The minimum atomic E-state index is -0.378. The lowest BCUT2D eigenvalue weighted by Crippen LogP contribution is -2.45. The van der Waals surface area contributed by atoms with Crippen molar-refractivity contribution in [2.45, 2.75) is 31.7 Å². The number of benzene rings is 1. The molecular formula is C16H22N2O4. The van der Waals surface area contributed by atoms with Gasteiger partial charge in [0, 0.05) is 24.6 Å². The maximum absolute atomic E-state index is 12.7. The zero-order valence-electron chi connectivity index (χ0n) is 13.0. The minimum absolute atomic E-state index is 0.105. The first-order valence-electron chi connectivity index (χ1n) is 7.38. The Hall–Kier alpha value is -2.24. The van der Waals surface area contributed by atoms with Crippen molar-refractivity contribution in [1.29, 1.82) is 0 Å². The number of ether oxygens (including phenoxy) is 2. The number of nitrogens with zero attached hydrogens (tertiary/aromatic N) is 1. The van der Waals surface area contributed by atoms with E-state index in [1.54, 1.807) is 30.2 Å². The van der Waals surface area contributed by atoms with E-state index in [9.17, 15) is 9.59 Å². The summed E-state index contributed by atoms with van der Waals surface area (Å²) in [6.07, 6.45) is 2.96. The average molecular weight is 306 g/mol. The summed E-state index contributed by atoms with van der Waals surface area (Å²) < 4.78 is 10.4. The quantitative estimate of drug-likeness (QED) is 0.895.